The van der Waals surface area contributed by atoms with Crippen LogP contribution in [0, 0.1) is 0 Å². The lowest BCUT2D eigenvalue weighted by Gasteiger charge is -2.09. The summed E-state index contributed by atoms with van der Waals surface area (Å²) in [4.78, 5) is 4.24. The third-order valence-electron chi connectivity index (χ3n) is 2.53. The van der Waals surface area contributed by atoms with Crippen molar-refractivity contribution < 1.29 is 4.74 Å². The van der Waals surface area contributed by atoms with Gasteiger partial charge in [0.1, 0.15) is 11.6 Å². The summed E-state index contributed by atoms with van der Waals surface area (Å²) >= 11 is 3.43. The van der Waals surface area contributed by atoms with Gasteiger partial charge >= 0.3 is 0 Å². The lowest BCUT2D eigenvalue weighted by atomic mass is 10.2. The molecule has 3 N–H and O–H groups in total. The fourth-order valence-electron chi connectivity index (χ4n) is 1.68. The highest BCUT2D eigenvalue weighted by molar-refractivity contribution is 9.10. The first-order chi connectivity index (χ1) is 9.19. The molecule has 1 aromatic heterocycles. The van der Waals surface area contributed by atoms with Crippen molar-refractivity contribution in [2.24, 2.45) is 0 Å². The number of aromatic nitrogens is 1. The normalized spacial score (nSPS) is 10.2. The van der Waals surface area contributed by atoms with E-state index in [0.29, 0.717) is 18.8 Å². The molecule has 0 saturated carbocycles. The Kier molecular flexibility index (Phi) is 4.63. The maximum Gasteiger partial charge on any atom is 0.140 e. The van der Waals surface area contributed by atoms with E-state index in [1.54, 1.807) is 6.20 Å². The number of anilines is 2. The van der Waals surface area contributed by atoms with Crippen LogP contribution in [0.3, 0.4) is 0 Å². The second kappa shape index (κ2) is 6.43. The Hall–Kier alpha value is -1.75. The topological polar surface area (TPSA) is 60.2 Å². The zero-order valence-electron chi connectivity index (χ0n) is 10.7. The Balaban J connectivity index is 2.03. The van der Waals surface area contributed by atoms with Crippen LogP contribution >= 0.6 is 15.9 Å². The van der Waals surface area contributed by atoms with E-state index in [0.717, 1.165) is 21.6 Å². The summed E-state index contributed by atoms with van der Waals surface area (Å²) in [5.41, 5.74) is 7.42. The van der Waals surface area contributed by atoms with Gasteiger partial charge in [-0.2, -0.15) is 0 Å². The Bertz CT molecular complexity index is 560. The van der Waals surface area contributed by atoms with E-state index in [4.69, 9.17) is 10.5 Å². The minimum Gasteiger partial charge on any atom is -0.494 e. The van der Waals surface area contributed by atoms with Crippen LogP contribution < -0.4 is 15.8 Å². The fraction of sp³-hybridized carbons (Fsp3) is 0.214. The molecule has 4 nitrogen and oxygen atoms in total. The number of rotatable bonds is 5. The molecule has 0 bridgehead atoms. The molecule has 0 atom stereocenters. The molecular formula is C14H16BrN3O. The molecule has 2 aromatic rings. The Morgan fingerprint density at radius 2 is 2.21 bits per heavy atom. The van der Waals surface area contributed by atoms with Gasteiger partial charge in [-0.25, -0.2) is 4.98 Å². The van der Waals surface area contributed by atoms with E-state index < -0.39 is 0 Å². The zero-order chi connectivity index (χ0) is 13.7. The van der Waals surface area contributed by atoms with Crippen LogP contribution in [0.1, 0.15) is 12.5 Å². The van der Waals surface area contributed by atoms with Crippen molar-refractivity contribution in [3.8, 4) is 5.75 Å². The first-order valence-corrected chi connectivity index (χ1v) is 6.85. The number of benzene rings is 1. The van der Waals surface area contributed by atoms with Crippen LogP contribution in [0.15, 0.2) is 41.0 Å². The summed E-state index contributed by atoms with van der Waals surface area (Å²) in [5.74, 6) is 1.65. The van der Waals surface area contributed by atoms with E-state index in [1.807, 2.05) is 37.3 Å². The van der Waals surface area contributed by atoms with Crippen molar-refractivity contribution in [1.29, 1.82) is 0 Å². The van der Waals surface area contributed by atoms with Crippen LogP contribution in [-0.4, -0.2) is 11.6 Å². The van der Waals surface area contributed by atoms with Gasteiger partial charge in [0.05, 0.1) is 23.0 Å². The van der Waals surface area contributed by atoms with Crippen molar-refractivity contribution in [3.05, 3.63) is 46.6 Å². The van der Waals surface area contributed by atoms with Crippen molar-refractivity contribution in [2.75, 3.05) is 17.7 Å². The van der Waals surface area contributed by atoms with E-state index in [9.17, 15) is 0 Å². The quantitative estimate of drug-likeness (QED) is 0.885. The van der Waals surface area contributed by atoms with Crippen LogP contribution in [0.5, 0.6) is 5.75 Å². The monoisotopic (exact) mass is 321 g/mol. The van der Waals surface area contributed by atoms with E-state index in [2.05, 4.69) is 26.2 Å². The summed E-state index contributed by atoms with van der Waals surface area (Å²) in [5, 5.41) is 3.26. The highest BCUT2D eigenvalue weighted by atomic mass is 79.9. The van der Waals surface area contributed by atoms with Crippen molar-refractivity contribution in [1.82, 2.24) is 4.98 Å². The minimum atomic E-state index is 0.635. The third-order valence-corrected chi connectivity index (χ3v) is 3.14. The standard InChI is InChI=1S/C14H16BrN3O/c1-2-19-12-5-3-4-10(6-12)8-17-14-13(15)7-11(16)9-18-14/h3-7,9H,2,8,16H2,1H3,(H,17,18). The van der Waals surface area contributed by atoms with Crippen LogP contribution in [0.4, 0.5) is 11.5 Å². The predicted octanol–water partition coefficient (Wildman–Crippen LogP) is 3.44. The Morgan fingerprint density at radius 1 is 1.37 bits per heavy atom. The van der Waals surface area contributed by atoms with Gasteiger partial charge in [0, 0.05) is 6.54 Å². The molecule has 0 unspecified atom stereocenters. The Morgan fingerprint density at radius 3 is 2.95 bits per heavy atom. The summed E-state index contributed by atoms with van der Waals surface area (Å²) in [6, 6.07) is 9.81. The highest BCUT2D eigenvalue weighted by Crippen LogP contribution is 2.22. The van der Waals surface area contributed by atoms with Gasteiger partial charge in [0.25, 0.3) is 0 Å². The maximum absolute atomic E-state index is 5.65. The molecule has 0 fully saturated rings. The number of halogens is 1. The van der Waals surface area contributed by atoms with Crippen LogP contribution in [-0.2, 0) is 6.54 Å². The fourth-order valence-corrected chi connectivity index (χ4v) is 2.19. The lowest BCUT2D eigenvalue weighted by molar-refractivity contribution is 0.340. The van der Waals surface area contributed by atoms with E-state index in [1.165, 1.54) is 0 Å². The van der Waals surface area contributed by atoms with Gasteiger partial charge in [-0.05, 0) is 46.6 Å². The molecule has 1 heterocycles. The number of nitrogens with one attached hydrogen (secondary N) is 1. The first kappa shape index (κ1) is 13.7. The molecule has 0 saturated heterocycles. The molecule has 0 aliphatic heterocycles. The molecule has 2 rings (SSSR count). The number of nitrogen functional groups attached to an aromatic ring is 1. The molecule has 0 aliphatic rings. The SMILES string of the molecule is CCOc1cccc(CNc2ncc(N)cc2Br)c1. The molecule has 0 amide bonds. The lowest BCUT2D eigenvalue weighted by Crippen LogP contribution is -2.03. The minimum absolute atomic E-state index is 0.635. The van der Waals surface area contributed by atoms with Gasteiger partial charge in [-0.1, -0.05) is 12.1 Å². The van der Waals surface area contributed by atoms with Gasteiger partial charge in [0.15, 0.2) is 0 Å². The number of hydrogen-bond donors (Lipinski definition) is 2. The smallest absolute Gasteiger partial charge is 0.140 e. The summed E-state index contributed by atoms with van der Waals surface area (Å²) in [6.07, 6.45) is 1.63. The molecule has 0 aliphatic carbocycles. The average molecular weight is 322 g/mol. The van der Waals surface area contributed by atoms with Crippen LogP contribution in [0.25, 0.3) is 0 Å². The van der Waals surface area contributed by atoms with Crippen molar-refractivity contribution in [2.45, 2.75) is 13.5 Å². The van der Waals surface area contributed by atoms with Gasteiger partial charge < -0.3 is 15.8 Å². The molecular weight excluding hydrogens is 306 g/mol. The molecule has 0 spiro atoms. The van der Waals surface area contributed by atoms with Gasteiger partial charge in [-0.15, -0.1) is 0 Å². The van der Waals surface area contributed by atoms with Crippen LogP contribution in [0.2, 0.25) is 0 Å². The second-order valence-corrected chi connectivity index (χ2v) is 4.89. The molecule has 5 heteroatoms. The molecule has 100 valence electrons. The summed E-state index contributed by atoms with van der Waals surface area (Å²) in [7, 11) is 0. The average Bonchev–Trinajstić information content (AvgIpc) is 2.38. The Labute approximate surface area is 121 Å². The zero-order valence-corrected chi connectivity index (χ0v) is 12.3. The largest absolute Gasteiger partial charge is 0.494 e. The predicted molar refractivity (Wildman–Crippen MR) is 81.3 cm³/mol. The summed E-state index contributed by atoms with van der Waals surface area (Å²) in [6.45, 7) is 3.32. The van der Waals surface area contributed by atoms with Crippen molar-refractivity contribution >= 4 is 27.4 Å². The summed E-state index contributed by atoms with van der Waals surface area (Å²) < 4.78 is 6.32. The highest BCUT2D eigenvalue weighted by Gasteiger charge is 2.02. The third kappa shape index (κ3) is 3.86. The number of hydrogen-bond acceptors (Lipinski definition) is 4. The number of nitrogens with zero attached hydrogens (tertiary/aromatic N) is 1. The van der Waals surface area contributed by atoms with Crippen molar-refractivity contribution in [3.63, 3.8) is 0 Å². The van der Waals surface area contributed by atoms with E-state index >= 15 is 0 Å². The first-order valence-electron chi connectivity index (χ1n) is 6.05. The number of pyridine rings is 1. The maximum atomic E-state index is 5.65. The van der Waals surface area contributed by atoms with Gasteiger partial charge in [-0.3, -0.25) is 0 Å². The molecule has 0 radical (unpaired) electrons. The van der Waals surface area contributed by atoms with Gasteiger partial charge in [0.2, 0.25) is 0 Å². The molecule has 19 heavy (non-hydrogen) atoms. The number of ether oxygens (including phenoxy) is 1. The van der Waals surface area contributed by atoms with E-state index in [-0.39, 0.29) is 0 Å². The number of nitrogens with two attached hydrogens (primary N) is 1. The molecule has 1 aromatic carbocycles. The second-order valence-electron chi connectivity index (χ2n) is 4.03.